The van der Waals surface area contributed by atoms with E-state index < -0.39 is 0 Å². The van der Waals surface area contributed by atoms with Gasteiger partial charge >= 0.3 is 0 Å². The summed E-state index contributed by atoms with van der Waals surface area (Å²) in [6, 6.07) is 7.87. The highest BCUT2D eigenvalue weighted by atomic mass is 16.5. The molecule has 2 aliphatic rings. The molecule has 0 radical (unpaired) electrons. The lowest BCUT2D eigenvalue weighted by molar-refractivity contribution is 0.0467. The molecule has 27 heavy (non-hydrogen) atoms. The van der Waals surface area contributed by atoms with E-state index in [1.54, 1.807) is 12.5 Å². The summed E-state index contributed by atoms with van der Waals surface area (Å²) in [7, 11) is 0. The molecule has 4 rings (SSSR count). The SMILES string of the molecule is c1ccc(Nc2cc(CC3CCN(CC4CCOCC4)CC3)ncn2)nc1. The summed E-state index contributed by atoms with van der Waals surface area (Å²) in [6.07, 6.45) is 9.44. The summed E-state index contributed by atoms with van der Waals surface area (Å²) in [4.78, 5) is 15.8. The maximum atomic E-state index is 5.48. The highest BCUT2D eigenvalue weighted by Crippen LogP contribution is 2.24. The second kappa shape index (κ2) is 9.24. The third-order valence-corrected chi connectivity index (χ3v) is 5.71. The Balaban J connectivity index is 1.26. The Hall–Kier alpha value is -2.05. The van der Waals surface area contributed by atoms with Crippen molar-refractivity contribution in [3.8, 4) is 0 Å². The summed E-state index contributed by atoms with van der Waals surface area (Å²) in [6.45, 7) is 5.58. The van der Waals surface area contributed by atoms with Crippen molar-refractivity contribution in [2.75, 3.05) is 38.2 Å². The number of pyridine rings is 1. The van der Waals surface area contributed by atoms with Crippen LogP contribution in [-0.2, 0) is 11.2 Å². The molecule has 0 unspecified atom stereocenters. The van der Waals surface area contributed by atoms with E-state index in [4.69, 9.17) is 4.74 Å². The van der Waals surface area contributed by atoms with Gasteiger partial charge in [-0.1, -0.05) is 6.07 Å². The van der Waals surface area contributed by atoms with Gasteiger partial charge in [-0.15, -0.1) is 0 Å². The lowest BCUT2D eigenvalue weighted by Crippen LogP contribution is -2.38. The van der Waals surface area contributed by atoms with E-state index in [-0.39, 0.29) is 0 Å². The Labute approximate surface area is 161 Å². The molecule has 4 heterocycles. The molecule has 0 saturated carbocycles. The van der Waals surface area contributed by atoms with E-state index in [2.05, 4.69) is 31.2 Å². The smallest absolute Gasteiger partial charge is 0.135 e. The molecule has 2 aromatic rings. The van der Waals surface area contributed by atoms with Crippen molar-refractivity contribution >= 4 is 11.6 Å². The van der Waals surface area contributed by atoms with Gasteiger partial charge in [0.25, 0.3) is 0 Å². The summed E-state index contributed by atoms with van der Waals surface area (Å²) < 4.78 is 5.48. The number of hydrogen-bond donors (Lipinski definition) is 1. The Bertz CT molecular complexity index is 697. The van der Waals surface area contributed by atoms with Gasteiger partial charge in [-0.3, -0.25) is 0 Å². The second-order valence-corrected chi connectivity index (χ2v) is 7.74. The van der Waals surface area contributed by atoms with Gasteiger partial charge < -0.3 is 15.0 Å². The molecule has 2 aromatic heterocycles. The topological polar surface area (TPSA) is 63.2 Å². The Morgan fingerprint density at radius 3 is 2.59 bits per heavy atom. The molecular formula is C21H29N5O. The van der Waals surface area contributed by atoms with Gasteiger partial charge in [0.2, 0.25) is 0 Å². The van der Waals surface area contributed by atoms with Gasteiger partial charge in [-0.2, -0.15) is 0 Å². The average Bonchev–Trinajstić information content (AvgIpc) is 2.71. The van der Waals surface area contributed by atoms with Gasteiger partial charge in [-0.05, 0) is 69.2 Å². The lowest BCUT2D eigenvalue weighted by Gasteiger charge is -2.35. The zero-order valence-electron chi connectivity index (χ0n) is 15.9. The van der Waals surface area contributed by atoms with E-state index in [0.29, 0.717) is 5.92 Å². The van der Waals surface area contributed by atoms with Crippen LogP contribution < -0.4 is 5.32 Å². The largest absolute Gasteiger partial charge is 0.381 e. The maximum absolute atomic E-state index is 5.48. The maximum Gasteiger partial charge on any atom is 0.135 e. The van der Waals surface area contributed by atoms with Crippen LogP contribution in [0.15, 0.2) is 36.8 Å². The van der Waals surface area contributed by atoms with Gasteiger partial charge in [-0.25, -0.2) is 15.0 Å². The number of rotatable bonds is 6. The van der Waals surface area contributed by atoms with Crippen molar-refractivity contribution < 1.29 is 4.74 Å². The molecule has 0 aliphatic carbocycles. The average molecular weight is 367 g/mol. The first-order valence-electron chi connectivity index (χ1n) is 10.1. The first kappa shape index (κ1) is 18.3. The molecule has 0 amide bonds. The van der Waals surface area contributed by atoms with Crippen LogP contribution in [-0.4, -0.2) is 52.7 Å². The molecule has 6 heteroatoms. The van der Waals surface area contributed by atoms with Crippen molar-refractivity contribution in [2.45, 2.75) is 32.1 Å². The lowest BCUT2D eigenvalue weighted by atomic mass is 9.90. The summed E-state index contributed by atoms with van der Waals surface area (Å²) >= 11 is 0. The fourth-order valence-corrected chi connectivity index (χ4v) is 4.11. The zero-order valence-corrected chi connectivity index (χ0v) is 15.9. The zero-order chi connectivity index (χ0) is 18.3. The van der Waals surface area contributed by atoms with Gasteiger partial charge in [0, 0.05) is 37.7 Å². The molecule has 2 fully saturated rings. The fourth-order valence-electron chi connectivity index (χ4n) is 4.11. The quantitative estimate of drug-likeness (QED) is 0.845. The van der Waals surface area contributed by atoms with Crippen LogP contribution in [0.4, 0.5) is 11.6 Å². The minimum Gasteiger partial charge on any atom is -0.381 e. The minimum atomic E-state index is 0.716. The predicted molar refractivity (Wildman–Crippen MR) is 106 cm³/mol. The monoisotopic (exact) mass is 367 g/mol. The predicted octanol–water partition coefficient (Wildman–Crippen LogP) is 3.30. The van der Waals surface area contributed by atoms with Crippen LogP contribution >= 0.6 is 0 Å². The van der Waals surface area contributed by atoms with Crippen LogP contribution in [0, 0.1) is 11.8 Å². The Kier molecular flexibility index (Phi) is 6.27. The molecule has 1 N–H and O–H groups in total. The number of nitrogens with zero attached hydrogens (tertiary/aromatic N) is 4. The molecule has 0 bridgehead atoms. The fraction of sp³-hybridized carbons (Fsp3) is 0.571. The Morgan fingerprint density at radius 2 is 1.81 bits per heavy atom. The van der Waals surface area contributed by atoms with Crippen LogP contribution in [0.5, 0.6) is 0 Å². The van der Waals surface area contributed by atoms with Crippen molar-refractivity contribution in [1.29, 1.82) is 0 Å². The van der Waals surface area contributed by atoms with Crippen molar-refractivity contribution in [3.63, 3.8) is 0 Å². The molecule has 0 atom stereocenters. The van der Waals surface area contributed by atoms with Crippen LogP contribution in [0.3, 0.4) is 0 Å². The summed E-state index contributed by atoms with van der Waals surface area (Å²) in [5, 5.41) is 3.25. The van der Waals surface area contributed by atoms with Crippen molar-refractivity contribution in [2.24, 2.45) is 11.8 Å². The third kappa shape index (κ3) is 5.47. The number of piperidine rings is 1. The highest BCUT2D eigenvalue weighted by Gasteiger charge is 2.23. The highest BCUT2D eigenvalue weighted by molar-refractivity contribution is 5.50. The molecular weight excluding hydrogens is 338 g/mol. The summed E-state index contributed by atoms with van der Waals surface area (Å²) in [5.74, 6) is 3.17. The molecule has 2 saturated heterocycles. The number of anilines is 2. The molecule has 6 nitrogen and oxygen atoms in total. The molecule has 2 aliphatic heterocycles. The van der Waals surface area contributed by atoms with E-state index in [9.17, 15) is 0 Å². The molecule has 0 aromatic carbocycles. The minimum absolute atomic E-state index is 0.716. The Morgan fingerprint density at radius 1 is 0.963 bits per heavy atom. The number of aromatic nitrogens is 3. The summed E-state index contributed by atoms with van der Waals surface area (Å²) in [5.41, 5.74) is 1.12. The number of likely N-dealkylation sites (tertiary alicyclic amines) is 1. The number of ether oxygens (including phenoxy) is 1. The van der Waals surface area contributed by atoms with E-state index in [1.165, 1.54) is 45.3 Å². The van der Waals surface area contributed by atoms with Crippen LogP contribution in [0.1, 0.15) is 31.4 Å². The van der Waals surface area contributed by atoms with Gasteiger partial charge in [0.1, 0.15) is 18.0 Å². The van der Waals surface area contributed by atoms with Crippen molar-refractivity contribution in [1.82, 2.24) is 19.9 Å². The normalized spacial score (nSPS) is 19.9. The first-order chi connectivity index (χ1) is 13.3. The first-order valence-corrected chi connectivity index (χ1v) is 10.1. The van der Waals surface area contributed by atoms with Crippen molar-refractivity contribution in [3.05, 3.63) is 42.5 Å². The van der Waals surface area contributed by atoms with Gasteiger partial charge in [0.15, 0.2) is 0 Å². The van der Waals surface area contributed by atoms with Crippen LogP contribution in [0.2, 0.25) is 0 Å². The van der Waals surface area contributed by atoms with E-state index >= 15 is 0 Å². The molecule has 144 valence electrons. The van der Waals surface area contributed by atoms with E-state index in [0.717, 1.165) is 42.9 Å². The standard InChI is InChI=1S/C21H29N5O/c1-2-8-22-20(3-1)25-21-14-19(23-16-24-21)13-17-4-9-26(10-5-17)15-18-6-11-27-12-7-18/h1-3,8,14,16-18H,4-7,9-13,15H2,(H,22,23,24,25). The van der Waals surface area contributed by atoms with Gasteiger partial charge in [0.05, 0.1) is 0 Å². The third-order valence-electron chi connectivity index (χ3n) is 5.71. The van der Waals surface area contributed by atoms with E-state index in [1.807, 2.05) is 18.2 Å². The molecule has 0 spiro atoms. The second-order valence-electron chi connectivity index (χ2n) is 7.74. The number of nitrogens with one attached hydrogen (secondary N) is 1. The number of hydrogen-bond acceptors (Lipinski definition) is 6. The van der Waals surface area contributed by atoms with Crippen LogP contribution in [0.25, 0.3) is 0 Å².